The van der Waals surface area contributed by atoms with Crippen LogP contribution in [-0.4, -0.2) is 37.0 Å². The van der Waals surface area contributed by atoms with Crippen LogP contribution in [0.5, 0.6) is 0 Å². The van der Waals surface area contributed by atoms with E-state index < -0.39 is 6.10 Å². The molecule has 0 aromatic carbocycles. The fourth-order valence-electron chi connectivity index (χ4n) is 5.56. The quantitative estimate of drug-likeness (QED) is 0.0385. The lowest BCUT2D eigenvalue weighted by molar-refractivity contribution is -0.154. The zero-order valence-corrected chi connectivity index (χ0v) is 35.4. The molecule has 0 spiro atoms. The van der Waals surface area contributed by atoms with E-state index in [0.29, 0.717) is 13.0 Å². The van der Waals surface area contributed by atoms with Gasteiger partial charge in [0, 0.05) is 13.0 Å². The monoisotopic (exact) mass is 759 g/mol. The van der Waals surface area contributed by atoms with E-state index in [1.54, 1.807) is 0 Å². The fourth-order valence-corrected chi connectivity index (χ4v) is 5.56. The molecule has 0 aromatic rings. The van der Waals surface area contributed by atoms with Gasteiger partial charge in [-0.1, -0.05) is 180 Å². The smallest absolute Gasteiger partial charge is 0.306 e. The van der Waals surface area contributed by atoms with Crippen LogP contribution in [0.4, 0.5) is 0 Å². The number of carbonyl (C=O) groups excluding carboxylic acids is 1. The maximum atomic E-state index is 12.2. The second kappa shape index (κ2) is 46.9. The first-order valence-electron chi connectivity index (χ1n) is 22.1. The molecule has 310 valence electrons. The predicted octanol–water partition coefficient (Wildman–Crippen LogP) is 14.9. The SMILES string of the molecule is CC/C=C\C/C=C\C/C=C\C/C=C\C/C=C\CCCCCCCCCCCC(=O)OC(CO)COCCCC/C=C\C/C=C\C/C=C\C/C=C\C/C=C\CC. The van der Waals surface area contributed by atoms with Crippen LogP contribution in [0.3, 0.4) is 0 Å². The minimum Gasteiger partial charge on any atom is -0.457 e. The standard InChI is InChI=1S/C51H82O4/c1-3-5-7-9-11-13-15-17-19-21-23-24-25-26-27-28-29-30-32-34-36-38-40-42-44-46-51(53)55-50(48-52)49-54-47-45-43-41-39-37-35-33-31-22-20-18-16-14-12-10-8-6-4-2/h5-8,11-14,17-20,23-24,26-27,31,33,37,39,50,52H,3-4,9-10,15-16,21-22,25,28-30,32,34-36,38,40-49H2,1-2H3/b7-5-,8-6-,13-11-,14-12-,19-17-,20-18-,24-23-,27-26-,33-31-,39-37-. The second-order valence-corrected chi connectivity index (χ2v) is 14.0. The van der Waals surface area contributed by atoms with Gasteiger partial charge in [-0.25, -0.2) is 0 Å². The topological polar surface area (TPSA) is 55.8 Å². The van der Waals surface area contributed by atoms with E-state index >= 15 is 0 Å². The molecule has 1 unspecified atom stereocenters. The number of esters is 1. The van der Waals surface area contributed by atoms with Crippen molar-refractivity contribution in [2.24, 2.45) is 0 Å². The Bertz CT molecular complexity index is 1110. The molecular weight excluding hydrogens is 677 g/mol. The van der Waals surface area contributed by atoms with Crippen LogP contribution < -0.4 is 0 Å². The molecule has 0 saturated carbocycles. The van der Waals surface area contributed by atoms with Gasteiger partial charge in [0.05, 0.1) is 13.2 Å². The molecule has 0 heterocycles. The summed E-state index contributed by atoms with van der Waals surface area (Å²) in [6.07, 6.45) is 69.8. The van der Waals surface area contributed by atoms with E-state index in [-0.39, 0.29) is 19.2 Å². The molecule has 0 amide bonds. The summed E-state index contributed by atoms with van der Waals surface area (Å²) in [6.45, 7) is 4.99. The first-order valence-corrected chi connectivity index (χ1v) is 22.1. The summed E-state index contributed by atoms with van der Waals surface area (Å²) in [4.78, 5) is 12.2. The van der Waals surface area contributed by atoms with Crippen LogP contribution in [0.1, 0.15) is 168 Å². The third-order valence-corrected chi connectivity index (χ3v) is 8.78. The van der Waals surface area contributed by atoms with Crippen molar-refractivity contribution in [3.05, 3.63) is 122 Å². The van der Waals surface area contributed by atoms with Crippen molar-refractivity contribution in [2.75, 3.05) is 19.8 Å². The molecule has 55 heavy (non-hydrogen) atoms. The van der Waals surface area contributed by atoms with Crippen molar-refractivity contribution in [3.63, 3.8) is 0 Å². The minimum absolute atomic E-state index is 0.200. The molecule has 0 aliphatic heterocycles. The Balaban J connectivity index is 3.57. The van der Waals surface area contributed by atoms with Crippen LogP contribution in [0, 0.1) is 0 Å². The highest BCUT2D eigenvalue weighted by Crippen LogP contribution is 2.12. The van der Waals surface area contributed by atoms with Crippen LogP contribution >= 0.6 is 0 Å². The molecule has 0 radical (unpaired) electrons. The van der Waals surface area contributed by atoms with Crippen LogP contribution in [0.2, 0.25) is 0 Å². The number of ether oxygens (including phenoxy) is 2. The van der Waals surface area contributed by atoms with E-state index in [2.05, 4.69) is 135 Å². The Morgan fingerprint density at radius 3 is 1.15 bits per heavy atom. The zero-order chi connectivity index (χ0) is 39.8. The average molecular weight is 759 g/mol. The summed E-state index contributed by atoms with van der Waals surface area (Å²) in [6, 6.07) is 0. The Kier molecular flexibility index (Phi) is 44.2. The normalized spacial score (nSPS) is 13.6. The van der Waals surface area contributed by atoms with Crippen LogP contribution in [0.15, 0.2) is 122 Å². The molecular formula is C51H82O4. The molecule has 4 heteroatoms. The molecule has 0 fully saturated rings. The van der Waals surface area contributed by atoms with Gasteiger partial charge in [0.25, 0.3) is 0 Å². The van der Waals surface area contributed by atoms with E-state index in [9.17, 15) is 9.90 Å². The van der Waals surface area contributed by atoms with Gasteiger partial charge in [0.1, 0.15) is 6.10 Å². The number of allylic oxidation sites excluding steroid dienone is 20. The predicted molar refractivity (Wildman–Crippen MR) is 241 cm³/mol. The van der Waals surface area contributed by atoms with E-state index in [4.69, 9.17) is 9.47 Å². The van der Waals surface area contributed by atoms with Crippen LogP contribution in [-0.2, 0) is 14.3 Å². The first kappa shape index (κ1) is 51.8. The first-order chi connectivity index (χ1) is 27.2. The maximum Gasteiger partial charge on any atom is 0.306 e. The van der Waals surface area contributed by atoms with Gasteiger partial charge in [0.15, 0.2) is 0 Å². The lowest BCUT2D eigenvalue weighted by atomic mass is 10.1. The third-order valence-electron chi connectivity index (χ3n) is 8.78. The van der Waals surface area contributed by atoms with Crippen molar-refractivity contribution in [3.8, 4) is 0 Å². The Hall–Kier alpha value is -3.21. The van der Waals surface area contributed by atoms with Gasteiger partial charge in [-0.2, -0.15) is 0 Å². The van der Waals surface area contributed by atoms with Gasteiger partial charge in [0.2, 0.25) is 0 Å². The van der Waals surface area contributed by atoms with Gasteiger partial charge in [-0.3, -0.25) is 4.79 Å². The van der Waals surface area contributed by atoms with Crippen molar-refractivity contribution >= 4 is 5.97 Å². The Morgan fingerprint density at radius 2 is 0.764 bits per heavy atom. The molecule has 0 aromatic heterocycles. The van der Waals surface area contributed by atoms with E-state index in [1.165, 1.54) is 51.4 Å². The fraction of sp³-hybridized carbons (Fsp3) is 0.588. The van der Waals surface area contributed by atoms with Gasteiger partial charge in [-0.05, 0) is 103 Å². The number of hydrogen-bond acceptors (Lipinski definition) is 4. The highest BCUT2D eigenvalue weighted by Gasteiger charge is 2.13. The molecule has 0 saturated heterocycles. The molecule has 0 aliphatic carbocycles. The molecule has 4 nitrogen and oxygen atoms in total. The van der Waals surface area contributed by atoms with Crippen LogP contribution in [0.25, 0.3) is 0 Å². The number of rotatable bonds is 39. The highest BCUT2D eigenvalue weighted by atomic mass is 16.6. The average Bonchev–Trinajstić information content (AvgIpc) is 3.19. The Morgan fingerprint density at radius 1 is 0.436 bits per heavy atom. The number of unbranched alkanes of at least 4 members (excludes halogenated alkanes) is 11. The lowest BCUT2D eigenvalue weighted by Gasteiger charge is -2.15. The zero-order valence-electron chi connectivity index (χ0n) is 35.4. The molecule has 1 N–H and O–H groups in total. The summed E-state index contributed by atoms with van der Waals surface area (Å²) in [5.41, 5.74) is 0. The summed E-state index contributed by atoms with van der Waals surface area (Å²) >= 11 is 0. The van der Waals surface area contributed by atoms with Gasteiger partial charge in [-0.15, -0.1) is 0 Å². The van der Waals surface area contributed by atoms with Gasteiger partial charge >= 0.3 is 5.97 Å². The van der Waals surface area contributed by atoms with Crippen molar-refractivity contribution in [1.82, 2.24) is 0 Å². The van der Waals surface area contributed by atoms with Gasteiger partial charge < -0.3 is 14.6 Å². The maximum absolute atomic E-state index is 12.2. The van der Waals surface area contributed by atoms with E-state index in [0.717, 1.165) is 96.3 Å². The third kappa shape index (κ3) is 45.1. The molecule has 1 atom stereocenters. The largest absolute Gasteiger partial charge is 0.457 e. The number of hydrogen-bond donors (Lipinski definition) is 1. The van der Waals surface area contributed by atoms with Crippen molar-refractivity contribution in [2.45, 2.75) is 174 Å². The molecule has 0 aliphatic rings. The lowest BCUT2D eigenvalue weighted by Crippen LogP contribution is -2.27. The highest BCUT2D eigenvalue weighted by molar-refractivity contribution is 5.69. The van der Waals surface area contributed by atoms with Crippen molar-refractivity contribution in [1.29, 1.82) is 0 Å². The number of aliphatic hydroxyl groups is 1. The number of carbonyl (C=O) groups is 1. The molecule has 0 rings (SSSR count). The number of aliphatic hydroxyl groups excluding tert-OH is 1. The summed E-state index contributed by atoms with van der Waals surface area (Å²) in [7, 11) is 0. The summed E-state index contributed by atoms with van der Waals surface area (Å²) in [5, 5.41) is 9.61. The van der Waals surface area contributed by atoms with E-state index in [1.807, 2.05) is 0 Å². The Labute approximate surface area is 339 Å². The summed E-state index contributed by atoms with van der Waals surface area (Å²) in [5.74, 6) is -0.228. The second-order valence-electron chi connectivity index (χ2n) is 14.0. The minimum atomic E-state index is -0.570. The van der Waals surface area contributed by atoms with Crippen molar-refractivity contribution < 1.29 is 19.4 Å². The summed E-state index contributed by atoms with van der Waals surface area (Å²) < 4.78 is 11.1. The molecule has 0 bridgehead atoms.